The van der Waals surface area contributed by atoms with Gasteiger partial charge in [0, 0.05) is 25.1 Å². The zero-order valence-corrected chi connectivity index (χ0v) is 20.6. The summed E-state index contributed by atoms with van der Waals surface area (Å²) in [5.41, 5.74) is 3.30. The van der Waals surface area contributed by atoms with Crippen LogP contribution in [0.1, 0.15) is 35.6 Å². The number of halogens is 1. The number of amides is 2. The Morgan fingerprint density at radius 3 is 2.29 bits per heavy atom. The predicted molar refractivity (Wildman–Crippen MR) is 136 cm³/mol. The molecule has 6 heteroatoms. The standard InChI is InChI=1S/C29H33FN2O3/c1-4-14-31-29(34)27(18-23-10-6-5-7-11-23)32(19-24-12-8-9-13-26(24)30)28(33)20-35-25-16-21(2)15-22(3)17-25/h5-13,15-17,27H,4,14,18-20H2,1-3H3,(H,31,34)/t27-/m1/s1. The molecular weight excluding hydrogens is 443 g/mol. The Kier molecular flexibility index (Phi) is 9.41. The van der Waals surface area contributed by atoms with Gasteiger partial charge in [-0.05, 0) is 55.2 Å². The minimum absolute atomic E-state index is 0.0429. The van der Waals surface area contributed by atoms with Crippen LogP contribution in [0, 0.1) is 19.7 Å². The molecule has 0 aliphatic carbocycles. The van der Waals surface area contributed by atoms with Crippen molar-refractivity contribution in [3.8, 4) is 5.75 Å². The van der Waals surface area contributed by atoms with Crippen molar-refractivity contribution in [3.63, 3.8) is 0 Å². The minimum atomic E-state index is -0.820. The van der Waals surface area contributed by atoms with Crippen molar-refractivity contribution in [2.75, 3.05) is 13.2 Å². The monoisotopic (exact) mass is 476 g/mol. The van der Waals surface area contributed by atoms with Gasteiger partial charge in [0.1, 0.15) is 17.6 Å². The average molecular weight is 477 g/mol. The van der Waals surface area contributed by atoms with Crippen molar-refractivity contribution in [1.82, 2.24) is 10.2 Å². The molecule has 1 atom stereocenters. The Morgan fingerprint density at radius 1 is 0.971 bits per heavy atom. The van der Waals surface area contributed by atoms with Gasteiger partial charge in [-0.2, -0.15) is 0 Å². The largest absolute Gasteiger partial charge is 0.484 e. The van der Waals surface area contributed by atoms with Crippen LogP contribution in [0.15, 0.2) is 72.8 Å². The van der Waals surface area contributed by atoms with E-state index in [1.165, 1.54) is 11.0 Å². The Bertz CT molecular complexity index is 1110. The molecule has 0 heterocycles. The number of nitrogens with zero attached hydrogens (tertiary/aromatic N) is 1. The molecule has 3 aromatic carbocycles. The van der Waals surface area contributed by atoms with Crippen LogP contribution < -0.4 is 10.1 Å². The molecule has 3 rings (SSSR count). The maximum absolute atomic E-state index is 14.6. The first-order valence-corrected chi connectivity index (χ1v) is 11.9. The van der Waals surface area contributed by atoms with E-state index in [1.54, 1.807) is 18.2 Å². The molecule has 5 nitrogen and oxygen atoms in total. The summed E-state index contributed by atoms with van der Waals surface area (Å²) in [5, 5.41) is 2.91. The third-order valence-corrected chi connectivity index (χ3v) is 5.68. The predicted octanol–water partition coefficient (Wildman–Crippen LogP) is 4.99. The molecule has 0 fully saturated rings. The van der Waals surface area contributed by atoms with Gasteiger partial charge in [-0.3, -0.25) is 9.59 Å². The fraction of sp³-hybridized carbons (Fsp3) is 0.310. The molecule has 0 radical (unpaired) electrons. The van der Waals surface area contributed by atoms with Crippen LogP contribution in [0.4, 0.5) is 4.39 Å². The molecule has 1 N–H and O–H groups in total. The van der Waals surface area contributed by atoms with Crippen molar-refractivity contribution < 1.29 is 18.7 Å². The second kappa shape index (κ2) is 12.7. The maximum atomic E-state index is 14.6. The zero-order valence-electron chi connectivity index (χ0n) is 20.6. The molecule has 2 amide bonds. The maximum Gasteiger partial charge on any atom is 0.261 e. The van der Waals surface area contributed by atoms with Crippen LogP contribution in [0.25, 0.3) is 0 Å². The van der Waals surface area contributed by atoms with Gasteiger partial charge < -0.3 is 15.0 Å². The molecule has 3 aromatic rings. The molecule has 0 spiro atoms. The topological polar surface area (TPSA) is 58.6 Å². The number of nitrogens with one attached hydrogen (secondary N) is 1. The summed E-state index contributed by atoms with van der Waals surface area (Å²) in [6.07, 6.45) is 1.07. The molecule has 0 aliphatic rings. The van der Waals surface area contributed by atoms with Crippen LogP contribution in [0.5, 0.6) is 5.75 Å². The van der Waals surface area contributed by atoms with Crippen molar-refractivity contribution in [2.24, 2.45) is 0 Å². The lowest BCUT2D eigenvalue weighted by atomic mass is 10.0. The Balaban J connectivity index is 1.91. The van der Waals surface area contributed by atoms with Crippen molar-refractivity contribution in [2.45, 2.75) is 46.2 Å². The van der Waals surface area contributed by atoms with E-state index >= 15 is 0 Å². The number of aryl methyl sites for hydroxylation is 2. The Labute approximate surface area is 206 Å². The van der Waals surface area contributed by atoms with Gasteiger partial charge in [-0.25, -0.2) is 4.39 Å². The molecule has 184 valence electrons. The molecule has 35 heavy (non-hydrogen) atoms. The lowest BCUT2D eigenvalue weighted by Crippen LogP contribution is -2.52. The minimum Gasteiger partial charge on any atom is -0.484 e. The molecule has 0 bridgehead atoms. The van der Waals surface area contributed by atoms with Crippen LogP contribution >= 0.6 is 0 Å². The Morgan fingerprint density at radius 2 is 1.63 bits per heavy atom. The molecule has 0 aliphatic heterocycles. The van der Waals surface area contributed by atoms with E-state index in [-0.39, 0.29) is 25.0 Å². The summed E-state index contributed by atoms with van der Waals surface area (Å²) < 4.78 is 20.4. The first-order valence-electron chi connectivity index (χ1n) is 11.9. The fourth-order valence-corrected chi connectivity index (χ4v) is 3.97. The zero-order chi connectivity index (χ0) is 25.2. The quantitative estimate of drug-likeness (QED) is 0.424. The Hall–Kier alpha value is -3.67. The third kappa shape index (κ3) is 7.67. The van der Waals surface area contributed by atoms with Gasteiger partial charge in [0.2, 0.25) is 5.91 Å². The number of ether oxygens (including phenoxy) is 1. The summed E-state index contributed by atoms with van der Waals surface area (Å²) in [6, 6.07) is 20.7. The number of benzene rings is 3. The lowest BCUT2D eigenvalue weighted by Gasteiger charge is -2.31. The van der Waals surface area contributed by atoms with Crippen LogP contribution in [-0.4, -0.2) is 35.9 Å². The number of carbonyl (C=O) groups excluding carboxylic acids is 2. The first kappa shape index (κ1) is 25.9. The number of rotatable bonds is 11. The van der Waals surface area contributed by atoms with E-state index < -0.39 is 11.9 Å². The van der Waals surface area contributed by atoms with E-state index in [1.807, 2.05) is 69.3 Å². The fourth-order valence-electron chi connectivity index (χ4n) is 3.97. The van der Waals surface area contributed by atoms with Crippen molar-refractivity contribution in [1.29, 1.82) is 0 Å². The summed E-state index contributed by atoms with van der Waals surface area (Å²) in [4.78, 5) is 28.2. The highest BCUT2D eigenvalue weighted by molar-refractivity contribution is 5.88. The molecule has 0 saturated heterocycles. The van der Waals surface area contributed by atoms with Crippen molar-refractivity contribution in [3.05, 3.63) is 101 Å². The average Bonchev–Trinajstić information content (AvgIpc) is 2.84. The van der Waals surface area contributed by atoms with Crippen LogP contribution in [0.3, 0.4) is 0 Å². The van der Waals surface area contributed by atoms with Gasteiger partial charge in [0.15, 0.2) is 6.61 Å². The normalized spacial score (nSPS) is 11.5. The summed E-state index contributed by atoms with van der Waals surface area (Å²) >= 11 is 0. The number of carbonyl (C=O) groups is 2. The van der Waals surface area contributed by atoms with Crippen LogP contribution in [-0.2, 0) is 22.6 Å². The van der Waals surface area contributed by atoms with Gasteiger partial charge in [0.05, 0.1) is 0 Å². The van der Waals surface area contributed by atoms with Crippen molar-refractivity contribution >= 4 is 11.8 Å². The highest BCUT2D eigenvalue weighted by Crippen LogP contribution is 2.19. The number of hydrogen-bond acceptors (Lipinski definition) is 3. The third-order valence-electron chi connectivity index (χ3n) is 5.68. The molecule has 0 unspecified atom stereocenters. The summed E-state index contributed by atoms with van der Waals surface area (Å²) in [7, 11) is 0. The summed E-state index contributed by atoms with van der Waals surface area (Å²) in [5.74, 6) is -0.503. The SMILES string of the molecule is CCCNC(=O)[C@@H](Cc1ccccc1)N(Cc1ccccc1F)C(=O)COc1cc(C)cc(C)c1. The van der Waals surface area contributed by atoms with E-state index in [0.717, 1.165) is 23.1 Å². The second-order valence-corrected chi connectivity index (χ2v) is 8.72. The van der Waals surface area contributed by atoms with E-state index in [2.05, 4.69) is 5.32 Å². The van der Waals surface area contributed by atoms with E-state index in [0.29, 0.717) is 24.3 Å². The van der Waals surface area contributed by atoms with E-state index in [4.69, 9.17) is 4.74 Å². The van der Waals surface area contributed by atoms with Gasteiger partial charge in [-0.1, -0.05) is 61.5 Å². The van der Waals surface area contributed by atoms with Gasteiger partial charge >= 0.3 is 0 Å². The molecule has 0 aromatic heterocycles. The summed E-state index contributed by atoms with van der Waals surface area (Å²) in [6.45, 7) is 6.07. The number of hydrogen-bond donors (Lipinski definition) is 1. The van der Waals surface area contributed by atoms with E-state index in [9.17, 15) is 14.0 Å². The lowest BCUT2D eigenvalue weighted by molar-refractivity contribution is -0.142. The smallest absolute Gasteiger partial charge is 0.261 e. The molecular formula is C29H33FN2O3. The highest BCUT2D eigenvalue weighted by atomic mass is 19.1. The first-order chi connectivity index (χ1) is 16.9. The second-order valence-electron chi connectivity index (χ2n) is 8.72. The van der Waals surface area contributed by atoms with Gasteiger partial charge in [0.25, 0.3) is 5.91 Å². The molecule has 0 saturated carbocycles. The van der Waals surface area contributed by atoms with Crippen LogP contribution in [0.2, 0.25) is 0 Å². The van der Waals surface area contributed by atoms with Gasteiger partial charge in [-0.15, -0.1) is 0 Å². The highest BCUT2D eigenvalue weighted by Gasteiger charge is 2.31.